The van der Waals surface area contributed by atoms with Crippen LogP contribution in [-0.4, -0.2) is 57.0 Å². The van der Waals surface area contributed by atoms with E-state index in [0.717, 1.165) is 35.2 Å². The monoisotopic (exact) mass is 428 g/mol. The van der Waals surface area contributed by atoms with Crippen molar-refractivity contribution in [3.05, 3.63) is 46.5 Å². The van der Waals surface area contributed by atoms with E-state index in [9.17, 15) is 9.90 Å². The van der Waals surface area contributed by atoms with Crippen LogP contribution in [0.3, 0.4) is 0 Å². The molecule has 166 valence electrons. The number of Topliss-reactive ketones (excluding diaryl/α,β-unsaturated/α-hetero) is 1. The van der Waals surface area contributed by atoms with Gasteiger partial charge in [0.25, 0.3) is 0 Å². The first-order chi connectivity index (χ1) is 14.9. The molecule has 0 saturated heterocycles. The molecule has 2 aromatic rings. The number of likely N-dealkylation sites (N-methyl/N-ethyl adjacent to an activating group) is 1. The number of methoxy groups -OCH3 is 2. The predicted octanol–water partition coefficient (Wildman–Crippen LogP) is 2.80. The number of fused-ring (bicyclic) bond motifs is 2. The summed E-state index contributed by atoms with van der Waals surface area (Å²) in [6.45, 7) is 0.907. The largest absolute Gasteiger partial charge is 0.493 e. The van der Waals surface area contributed by atoms with Gasteiger partial charge in [0.1, 0.15) is 11.8 Å². The van der Waals surface area contributed by atoms with E-state index in [4.69, 9.17) is 18.9 Å². The number of nitrogens with zero attached hydrogens (tertiary/aromatic N) is 1. The number of hydrogen-bond acceptors (Lipinski definition) is 6. The Hall–Kier alpha value is -2.77. The van der Waals surface area contributed by atoms with E-state index in [1.54, 1.807) is 14.2 Å². The molecule has 1 N–H and O–H groups in total. The molecule has 0 saturated carbocycles. The molecule has 1 unspecified atom stereocenters. The number of hydrogen-bond donors (Lipinski definition) is 1. The van der Waals surface area contributed by atoms with E-state index in [0.29, 0.717) is 33.9 Å². The first kappa shape index (κ1) is 21.5. The lowest BCUT2D eigenvalue weighted by Gasteiger charge is -2.43. The van der Waals surface area contributed by atoms with Crippen LogP contribution in [0.1, 0.15) is 34.7 Å². The number of para-hydroxylation sites is 1. The maximum atomic E-state index is 13.3. The normalized spacial score (nSPS) is 18.4. The van der Waals surface area contributed by atoms with Gasteiger partial charge in [0, 0.05) is 29.5 Å². The Kier molecular flexibility index (Phi) is 5.81. The summed E-state index contributed by atoms with van der Waals surface area (Å²) in [5.41, 5.74) is 3.70. The van der Waals surface area contributed by atoms with Crippen LogP contribution >= 0.6 is 0 Å². The van der Waals surface area contributed by atoms with E-state index < -0.39 is 0 Å². The average molecular weight is 429 g/mol. The second-order valence-corrected chi connectivity index (χ2v) is 8.66. The van der Waals surface area contributed by atoms with Gasteiger partial charge < -0.3 is 28.5 Å². The molecule has 2 aliphatic heterocycles. The van der Waals surface area contributed by atoms with E-state index in [-0.39, 0.29) is 31.6 Å². The summed E-state index contributed by atoms with van der Waals surface area (Å²) in [6.07, 6.45) is 1.47. The molecule has 0 amide bonds. The van der Waals surface area contributed by atoms with Crippen LogP contribution in [0.4, 0.5) is 0 Å². The van der Waals surface area contributed by atoms with Crippen molar-refractivity contribution in [1.82, 2.24) is 0 Å². The van der Waals surface area contributed by atoms with Gasteiger partial charge in [-0.3, -0.25) is 4.79 Å². The lowest BCUT2D eigenvalue weighted by Crippen LogP contribution is -2.49. The van der Waals surface area contributed by atoms with Crippen LogP contribution in [0.15, 0.2) is 24.3 Å². The van der Waals surface area contributed by atoms with Crippen LogP contribution in [-0.2, 0) is 24.2 Å². The van der Waals surface area contributed by atoms with Crippen molar-refractivity contribution >= 4 is 5.78 Å². The minimum atomic E-state index is -0.150. The van der Waals surface area contributed by atoms with Crippen LogP contribution in [0.5, 0.6) is 23.0 Å². The molecule has 31 heavy (non-hydrogen) atoms. The minimum absolute atomic E-state index is 0.0792. The summed E-state index contributed by atoms with van der Waals surface area (Å²) in [5, 5.41) is 10.2. The van der Waals surface area contributed by atoms with Gasteiger partial charge in [-0.1, -0.05) is 12.1 Å². The molecule has 0 radical (unpaired) electrons. The summed E-state index contributed by atoms with van der Waals surface area (Å²) < 4.78 is 22.8. The summed E-state index contributed by atoms with van der Waals surface area (Å²) in [5.74, 6) is 2.60. The van der Waals surface area contributed by atoms with Crippen LogP contribution in [0, 0.1) is 0 Å². The highest BCUT2D eigenvalue weighted by atomic mass is 16.7. The zero-order chi connectivity index (χ0) is 22.2. The maximum Gasteiger partial charge on any atom is 0.231 e. The van der Waals surface area contributed by atoms with E-state index in [2.05, 4.69) is 14.1 Å². The first-order valence-electron chi connectivity index (χ1n) is 10.5. The van der Waals surface area contributed by atoms with Gasteiger partial charge in [0.2, 0.25) is 6.79 Å². The summed E-state index contributed by atoms with van der Waals surface area (Å²) in [6, 6.07) is 7.51. The van der Waals surface area contributed by atoms with Gasteiger partial charge in [-0.05, 0) is 17.7 Å². The number of aliphatic hydroxyl groups excluding tert-OH is 1. The maximum absolute atomic E-state index is 13.3. The molecule has 4 rings (SSSR count). The standard InChI is InChI=1S/C24H30NO6/c1-25(2)9-8-15-11-21-24(31-14-30-21)18(13-26)22(15)19(25)12-17(27)10-16-6-5-7-20(28-3)23(16)29-4/h5-7,11,19,26H,8-10,12-14H2,1-4H3/q+1. The van der Waals surface area contributed by atoms with Gasteiger partial charge in [-0.2, -0.15) is 0 Å². The Morgan fingerprint density at radius 1 is 1.23 bits per heavy atom. The molecule has 2 aromatic carbocycles. The Balaban J connectivity index is 1.67. The van der Waals surface area contributed by atoms with Crippen molar-refractivity contribution in [2.24, 2.45) is 0 Å². The topological polar surface area (TPSA) is 74.2 Å². The molecule has 7 nitrogen and oxygen atoms in total. The fourth-order valence-corrected chi connectivity index (χ4v) is 4.82. The van der Waals surface area contributed by atoms with Crippen molar-refractivity contribution in [2.45, 2.75) is 31.9 Å². The predicted molar refractivity (Wildman–Crippen MR) is 115 cm³/mol. The zero-order valence-corrected chi connectivity index (χ0v) is 18.6. The molecule has 7 heteroatoms. The smallest absolute Gasteiger partial charge is 0.231 e. The van der Waals surface area contributed by atoms with E-state index in [1.165, 1.54) is 0 Å². The van der Waals surface area contributed by atoms with Crippen molar-refractivity contribution in [1.29, 1.82) is 0 Å². The van der Waals surface area contributed by atoms with Gasteiger partial charge in [-0.25, -0.2) is 0 Å². The molecule has 2 aliphatic rings. The lowest BCUT2D eigenvalue weighted by molar-refractivity contribution is -0.922. The highest BCUT2D eigenvalue weighted by Gasteiger charge is 2.41. The van der Waals surface area contributed by atoms with E-state index in [1.807, 2.05) is 24.3 Å². The summed E-state index contributed by atoms with van der Waals surface area (Å²) in [4.78, 5) is 13.3. The molecular weight excluding hydrogens is 398 g/mol. The Bertz CT molecular complexity index is 1000. The third-order valence-electron chi connectivity index (χ3n) is 6.48. The van der Waals surface area contributed by atoms with Gasteiger partial charge in [0.05, 0.1) is 47.9 Å². The van der Waals surface area contributed by atoms with Gasteiger partial charge in [-0.15, -0.1) is 0 Å². The van der Waals surface area contributed by atoms with Crippen molar-refractivity contribution in [3.63, 3.8) is 0 Å². The third-order valence-corrected chi connectivity index (χ3v) is 6.48. The zero-order valence-electron chi connectivity index (χ0n) is 18.6. The van der Waals surface area contributed by atoms with Crippen LogP contribution < -0.4 is 18.9 Å². The average Bonchev–Trinajstić information content (AvgIpc) is 3.22. The quantitative estimate of drug-likeness (QED) is 0.684. The fourth-order valence-electron chi connectivity index (χ4n) is 4.82. The molecular formula is C24H30NO6+. The lowest BCUT2D eigenvalue weighted by atomic mass is 9.83. The second-order valence-electron chi connectivity index (χ2n) is 8.66. The summed E-state index contributed by atoms with van der Waals surface area (Å²) >= 11 is 0. The molecule has 0 aromatic heterocycles. The Labute approximate surface area is 182 Å². The Morgan fingerprint density at radius 3 is 2.74 bits per heavy atom. The molecule has 0 aliphatic carbocycles. The van der Waals surface area contributed by atoms with E-state index >= 15 is 0 Å². The minimum Gasteiger partial charge on any atom is -0.493 e. The molecule has 0 bridgehead atoms. The SMILES string of the molecule is COc1cccc(CC(=O)CC2c3c(cc4c(c3CO)OCO4)CC[N+]2(C)C)c1OC. The first-order valence-corrected chi connectivity index (χ1v) is 10.5. The van der Waals surface area contributed by atoms with Crippen LogP contribution in [0.25, 0.3) is 0 Å². The van der Waals surface area contributed by atoms with Crippen LogP contribution in [0.2, 0.25) is 0 Å². The number of benzene rings is 2. The highest BCUT2D eigenvalue weighted by Crippen LogP contribution is 2.47. The van der Waals surface area contributed by atoms with Crippen molar-refractivity contribution in [3.8, 4) is 23.0 Å². The summed E-state index contributed by atoms with van der Waals surface area (Å²) in [7, 11) is 7.44. The molecule has 2 heterocycles. The molecule has 0 fully saturated rings. The number of quaternary nitrogens is 1. The number of carbonyl (C=O) groups is 1. The number of rotatable bonds is 7. The fraction of sp³-hybridized carbons (Fsp3) is 0.458. The molecule has 1 atom stereocenters. The second kappa shape index (κ2) is 8.40. The van der Waals surface area contributed by atoms with Crippen molar-refractivity contribution < 1.29 is 33.3 Å². The Morgan fingerprint density at radius 2 is 2.03 bits per heavy atom. The van der Waals surface area contributed by atoms with Crippen molar-refractivity contribution in [2.75, 3.05) is 41.7 Å². The third kappa shape index (κ3) is 3.83. The number of ether oxygens (including phenoxy) is 4. The molecule has 0 spiro atoms. The highest BCUT2D eigenvalue weighted by molar-refractivity contribution is 5.82. The number of carbonyl (C=O) groups excluding carboxylic acids is 1. The van der Waals surface area contributed by atoms with Gasteiger partial charge in [0.15, 0.2) is 23.0 Å². The van der Waals surface area contributed by atoms with Gasteiger partial charge >= 0.3 is 0 Å². The number of ketones is 1. The number of aliphatic hydroxyl groups is 1.